The zero-order valence-corrected chi connectivity index (χ0v) is 11.6. The molecule has 0 aliphatic heterocycles. The molecule has 4 heteroatoms. The van der Waals surface area contributed by atoms with Crippen LogP contribution in [0.1, 0.15) is 29.7 Å². The van der Waals surface area contributed by atoms with Crippen LogP contribution in [0.4, 0.5) is 0 Å². The van der Waals surface area contributed by atoms with Gasteiger partial charge in [0.2, 0.25) is 0 Å². The number of aromatic amines is 1. The van der Waals surface area contributed by atoms with Crippen molar-refractivity contribution in [2.45, 2.75) is 26.4 Å². The quantitative estimate of drug-likeness (QED) is 0.908. The molecule has 1 aromatic heterocycles. The number of nitrogens with zero attached hydrogens (tertiary/aromatic N) is 1. The van der Waals surface area contributed by atoms with E-state index in [0.29, 0.717) is 6.04 Å². The minimum Gasteiger partial charge on any atom is -0.306 e. The van der Waals surface area contributed by atoms with Crippen LogP contribution < -0.4 is 5.32 Å². The van der Waals surface area contributed by atoms with Gasteiger partial charge in [-0.2, -0.15) is 5.10 Å². The highest BCUT2D eigenvalue weighted by molar-refractivity contribution is 9.10. The zero-order chi connectivity index (χ0) is 12.3. The van der Waals surface area contributed by atoms with Crippen molar-refractivity contribution in [2.75, 3.05) is 0 Å². The van der Waals surface area contributed by atoms with E-state index >= 15 is 0 Å². The van der Waals surface area contributed by atoms with Crippen LogP contribution in [0.5, 0.6) is 0 Å². The molecule has 0 radical (unpaired) electrons. The molecule has 3 nitrogen and oxygen atoms in total. The number of hydrogen-bond donors (Lipinski definition) is 2. The van der Waals surface area contributed by atoms with Gasteiger partial charge in [0.25, 0.3) is 0 Å². The summed E-state index contributed by atoms with van der Waals surface area (Å²) in [5.74, 6) is 0. The Morgan fingerprint density at radius 3 is 2.94 bits per heavy atom. The number of nitrogens with one attached hydrogen (secondary N) is 2. The largest absolute Gasteiger partial charge is 0.306 e. The fourth-order valence-electron chi connectivity index (χ4n) is 1.67. The second-order valence-corrected chi connectivity index (χ2v) is 5.08. The number of hydrogen-bond acceptors (Lipinski definition) is 2. The van der Waals surface area contributed by atoms with Crippen LogP contribution in [0, 0.1) is 6.92 Å². The molecule has 1 heterocycles. The Kier molecular flexibility index (Phi) is 3.97. The summed E-state index contributed by atoms with van der Waals surface area (Å²) in [6.45, 7) is 5.07. The van der Waals surface area contributed by atoms with E-state index in [0.717, 1.165) is 11.0 Å². The maximum Gasteiger partial charge on any atom is 0.0534 e. The van der Waals surface area contributed by atoms with E-state index < -0.39 is 0 Å². The lowest BCUT2D eigenvalue weighted by molar-refractivity contribution is 0.574. The molecule has 1 atom stereocenters. The molecule has 0 saturated carbocycles. The van der Waals surface area contributed by atoms with Gasteiger partial charge in [-0.1, -0.05) is 28.1 Å². The highest BCUT2D eigenvalue weighted by atomic mass is 79.9. The first-order chi connectivity index (χ1) is 8.16. The van der Waals surface area contributed by atoms with Gasteiger partial charge in [-0.3, -0.25) is 5.10 Å². The third kappa shape index (κ3) is 3.17. The number of halogens is 1. The molecule has 1 unspecified atom stereocenters. The molecule has 0 amide bonds. The van der Waals surface area contributed by atoms with Crippen LogP contribution in [0.2, 0.25) is 0 Å². The summed E-state index contributed by atoms with van der Waals surface area (Å²) in [5.41, 5.74) is 3.71. The molecular formula is C13H16BrN3. The predicted octanol–water partition coefficient (Wildman–Crippen LogP) is 3.33. The van der Waals surface area contributed by atoms with Crippen LogP contribution >= 0.6 is 15.9 Å². The van der Waals surface area contributed by atoms with Gasteiger partial charge in [-0.25, -0.2) is 0 Å². The van der Waals surface area contributed by atoms with Crippen molar-refractivity contribution < 1.29 is 0 Å². The first kappa shape index (κ1) is 12.3. The van der Waals surface area contributed by atoms with Gasteiger partial charge >= 0.3 is 0 Å². The van der Waals surface area contributed by atoms with Crippen molar-refractivity contribution in [1.82, 2.24) is 15.5 Å². The maximum absolute atomic E-state index is 3.95. The van der Waals surface area contributed by atoms with Crippen molar-refractivity contribution in [3.63, 3.8) is 0 Å². The van der Waals surface area contributed by atoms with Gasteiger partial charge in [-0.05, 0) is 31.0 Å². The monoisotopic (exact) mass is 293 g/mol. The standard InChI is InChI=1S/C13H16BrN3/c1-9-3-4-11(13(14)5-9)6-15-10(2)12-7-16-17-8-12/h3-5,7-8,10,15H,6H2,1-2H3,(H,16,17). The van der Waals surface area contributed by atoms with E-state index in [1.807, 2.05) is 12.4 Å². The number of aryl methyl sites for hydroxylation is 1. The Morgan fingerprint density at radius 1 is 1.47 bits per heavy atom. The molecule has 2 N–H and O–H groups in total. The molecule has 1 aromatic carbocycles. The smallest absolute Gasteiger partial charge is 0.0534 e. The second kappa shape index (κ2) is 5.47. The summed E-state index contributed by atoms with van der Waals surface area (Å²) < 4.78 is 1.16. The Morgan fingerprint density at radius 2 is 2.29 bits per heavy atom. The van der Waals surface area contributed by atoms with Crippen LogP contribution in [-0.4, -0.2) is 10.2 Å². The molecule has 0 fully saturated rings. The Hall–Kier alpha value is -1.13. The summed E-state index contributed by atoms with van der Waals surface area (Å²) in [6, 6.07) is 6.71. The summed E-state index contributed by atoms with van der Waals surface area (Å²) in [7, 11) is 0. The van der Waals surface area contributed by atoms with Crippen molar-refractivity contribution in [3.05, 3.63) is 51.8 Å². The fraction of sp³-hybridized carbons (Fsp3) is 0.308. The lowest BCUT2D eigenvalue weighted by Crippen LogP contribution is -2.17. The van der Waals surface area contributed by atoms with Crippen molar-refractivity contribution in [1.29, 1.82) is 0 Å². The lowest BCUT2D eigenvalue weighted by atomic mass is 10.1. The molecule has 0 aliphatic carbocycles. The summed E-state index contributed by atoms with van der Waals surface area (Å²) in [5, 5.41) is 10.3. The normalized spacial score (nSPS) is 12.6. The van der Waals surface area contributed by atoms with Crippen LogP contribution in [0.3, 0.4) is 0 Å². The molecule has 0 saturated heterocycles. The summed E-state index contributed by atoms with van der Waals surface area (Å²) in [6.07, 6.45) is 3.77. The van der Waals surface area contributed by atoms with E-state index in [1.54, 1.807) is 0 Å². The van der Waals surface area contributed by atoms with Gasteiger partial charge in [0, 0.05) is 28.8 Å². The van der Waals surface area contributed by atoms with E-state index in [9.17, 15) is 0 Å². The van der Waals surface area contributed by atoms with Gasteiger partial charge in [0.05, 0.1) is 6.20 Å². The molecule has 0 bridgehead atoms. The Balaban J connectivity index is 1.98. The van der Waals surface area contributed by atoms with Crippen LogP contribution in [0.15, 0.2) is 35.1 Å². The highest BCUT2D eigenvalue weighted by Crippen LogP contribution is 2.19. The van der Waals surface area contributed by atoms with Crippen LogP contribution in [-0.2, 0) is 6.54 Å². The molecular weight excluding hydrogens is 278 g/mol. The zero-order valence-electron chi connectivity index (χ0n) is 10.00. The Labute approximate surface area is 110 Å². The molecule has 17 heavy (non-hydrogen) atoms. The van der Waals surface area contributed by atoms with E-state index in [2.05, 4.69) is 63.5 Å². The minimum atomic E-state index is 0.293. The minimum absolute atomic E-state index is 0.293. The van der Waals surface area contributed by atoms with E-state index in [-0.39, 0.29) is 0 Å². The molecule has 2 rings (SSSR count). The van der Waals surface area contributed by atoms with Gasteiger partial charge < -0.3 is 5.32 Å². The lowest BCUT2D eigenvalue weighted by Gasteiger charge is -2.13. The van der Waals surface area contributed by atoms with Gasteiger partial charge in [-0.15, -0.1) is 0 Å². The Bertz CT molecular complexity index is 479. The number of aromatic nitrogens is 2. The fourth-order valence-corrected chi connectivity index (χ4v) is 2.31. The maximum atomic E-state index is 3.95. The van der Waals surface area contributed by atoms with E-state index in [1.165, 1.54) is 16.7 Å². The molecule has 2 aromatic rings. The number of benzene rings is 1. The number of rotatable bonds is 4. The average Bonchev–Trinajstić information content (AvgIpc) is 2.81. The second-order valence-electron chi connectivity index (χ2n) is 4.23. The molecule has 0 spiro atoms. The van der Waals surface area contributed by atoms with Crippen molar-refractivity contribution >= 4 is 15.9 Å². The van der Waals surface area contributed by atoms with Crippen LogP contribution in [0.25, 0.3) is 0 Å². The third-order valence-electron chi connectivity index (χ3n) is 2.83. The molecule has 0 aliphatic rings. The third-order valence-corrected chi connectivity index (χ3v) is 3.56. The van der Waals surface area contributed by atoms with Crippen molar-refractivity contribution in [3.8, 4) is 0 Å². The highest BCUT2D eigenvalue weighted by Gasteiger charge is 2.06. The average molecular weight is 294 g/mol. The molecule has 90 valence electrons. The summed E-state index contributed by atoms with van der Waals surface area (Å²) >= 11 is 3.59. The topological polar surface area (TPSA) is 40.7 Å². The van der Waals surface area contributed by atoms with Gasteiger partial charge in [0.1, 0.15) is 0 Å². The first-order valence-corrected chi connectivity index (χ1v) is 6.43. The number of H-pyrrole nitrogens is 1. The van der Waals surface area contributed by atoms with Crippen molar-refractivity contribution in [2.24, 2.45) is 0 Å². The predicted molar refractivity (Wildman–Crippen MR) is 72.7 cm³/mol. The van der Waals surface area contributed by atoms with Gasteiger partial charge in [0.15, 0.2) is 0 Å². The van der Waals surface area contributed by atoms with E-state index in [4.69, 9.17) is 0 Å². The SMILES string of the molecule is Cc1ccc(CNC(C)c2cn[nH]c2)c(Br)c1. The summed E-state index contributed by atoms with van der Waals surface area (Å²) in [4.78, 5) is 0. The first-order valence-electron chi connectivity index (χ1n) is 5.64.